The fourth-order valence-corrected chi connectivity index (χ4v) is 4.87. The first-order chi connectivity index (χ1) is 17.2. The van der Waals surface area contributed by atoms with Crippen LogP contribution in [-0.2, 0) is 30.7 Å². The smallest absolute Gasteiger partial charge is 0.252 e. The Hall–Kier alpha value is -3.90. The van der Waals surface area contributed by atoms with Crippen LogP contribution in [-0.4, -0.2) is 67.2 Å². The van der Waals surface area contributed by atoms with E-state index < -0.39 is 15.9 Å². The van der Waals surface area contributed by atoms with Crippen molar-refractivity contribution < 1.29 is 22.7 Å². The van der Waals surface area contributed by atoms with Crippen molar-refractivity contribution >= 4 is 39.0 Å². The van der Waals surface area contributed by atoms with Crippen LogP contribution < -0.4 is 15.1 Å². The van der Waals surface area contributed by atoms with Gasteiger partial charge < -0.3 is 19.9 Å². The lowest BCUT2D eigenvalue weighted by Crippen LogP contribution is -2.58. The highest BCUT2D eigenvalue weighted by atomic mass is 32.2. The van der Waals surface area contributed by atoms with Gasteiger partial charge in [0.15, 0.2) is 21.5 Å². The number of rotatable bonds is 5. The Morgan fingerprint density at radius 1 is 1.14 bits per heavy atom. The number of anilines is 3. The number of morpholine rings is 1. The summed E-state index contributed by atoms with van der Waals surface area (Å²) in [6, 6.07) is 9.39. The normalized spacial score (nSPS) is 17.4. The van der Waals surface area contributed by atoms with E-state index in [0.717, 1.165) is 11.8 Å². The molecule has 2 amide bonds. The number of carbonyl (C=O) groups excluding carboxylic acids is 2. The van der Waals surface area contributed by atoms with Gasteiger partial charge in [0, 0.05) is 31.5 Å². The Morgan fingerprint density at radius 2 is 1.92 bits per heavy atom. The van der Waals surface area contributed by atoms with Gasteiger partial charge in [-0.3, -0.25) is 9.59 Å². The SMILES string of the molecule is CC(=O)Nc1ccc(-c2ncc3c(n2)N2CCOCC2C(=O)N3Cc2ccc(S(C)(=O)=O)cc2)cn1. The molecule has 1 N–H and O–H groups in total. The van der Waals surface area contributed by atoms with Gasteiger partial charge in [-0.1, -0.05) is 12.1 Å². The molecular weight excluding hydrogens is 484 g/mol. The van der Waals surface area contributed by atoms with Gasteiger partial charge in [-0.25, -0.2) is 23.4 Å². The van der Waals surface area contributed by atoms with Gasteiger partial charge in [-0.05, 0) is 29.8 Å². The minimum absolute atomic E-state index is 0.132. The zero-order valence-electron chi connectivity index (χ0n) is 19.7. The molecule has 2 aliphatic heterocycles. The van der Waals surface area contributed by atoms with E-state index in [1.165, 1.54) is 19.1 Å². The molecule has 186 valence electrons. The lowest BCUT2D eigenvalue weighted by atomic mass is 10.1. The zero-order chi connectivity index (χ0) is 25.4. The van der Waals surface area contributed by atoms with Crippen molar-refractivity contribution in [3.63, 3.8) is 0 Å². The Morgan fingerprint density at radius 3 is 2.58 bits per heavy atom. The molecule has 0 spiro atoms. The topological polar surface area (TPSA) is 135 Å². The molecular formula is C24H24N6O5S. The number of sulfone groups is 1. The number of benzene rings is 1. The first kappa shape index (κ1) is 23.8. The Kier molecular flexibility index (Phi) is 6.14. The van der Waals surface area contributed by atoms with Gasteiger partial charge in [0.2, 0.25) is 5.91 Å². The Labute approximate surface area is 208 Å². The van der Waals surface area contributed by atoms with Crippen molar-refractivity contribution in [2.24, 2.45) is 0 Å². The summed E-state index contributed by atoms with van der Waals surface area (Å²) in [7, 11) is -3.32. The summed E-state index contributed by atoms with van der Waals surface area (Å²) >= 11 is 0. The number of hydrogen-bond acceptors (Lipinski definition) is 9. The Bertz CT molecular complexity index is 1430. The minimum Gasteiger partial charge on any atom is -0.377 e. The first-order valence-electron chi connectivity index (χ1n) is 11.3. The fourth-order valence-electron chi connectivity index (χ4n) is 4.24. The second-order valence-corrected chi connectivity index (χ2v) is 10.7. The molecule has 11 nitrogen and oxygen atoms in total. The summed E-state index contributed by atoms with van der Waals surface area (Å²) in [6.07, 6.45) is 4.36. The molecule has 0 bridgehead atoms. The van der Waals surface area contributed by atoms with Crippen LogP contribution in [0, 0.1) is 0 Å². The fraction of sp³-hybridized carbons (Fsp3) is 0.292. The number of ether oxygens (including phenoxy) is 1. The maximum atomic E-state index is 13.4. The number of amides is 2. The summed E-state index contributed by atoms with van der Waals surface area (Å²) in [6.45, 7) is 2.87. The number of aromatic nitrogens is 3. The monoisotopic (exact) mass is 508 g/mol. The molecule has 3 aromatic rings. The van der Waals surface area contributed by atoms with Gasteiger partial charge in [-0.15, -0.1) is 0 Å². The molecule has 2 aliphatic rings. The summed E-state index contributed by atoms with van der Waals surface area (Å²) in [5, 5.41) is 2.63. The predicted molar refractivity (Wildman–Crippen MR) is 132 cm³/mol. The molecule has 0 saturated carbocycles. The summed E-state index contributed by atoms with van der Waals surface area (Å²) in [5.41, 5.74) is 2.00. The number of carbonyl (C=O) groups is 2. The summed E-state index contributed by atoms with van der Waals surface area (Å²) in [4.78, 5) is 42.0. The molecule has 1 fully saturated rings. The van der Waals surface area contributed by atoms with Crippen LogP contribution in [0.25, 0.3) is 11.4 Å². The molecule has 1 saturated heterocycles. The van der Waals surface area contributed by atoms with Crippen LogP contribution in [0.4, 0.5) is 17.3 Å². The summed E-state index contributed by atoms with van der Waals surface area (Å²) in [5.74, 6) is 1.14. The molecule has 5 rings (SSSR count). The van der Waals surface area contributed by atoms with Crippen molar-refractivity contribution in [1.82, 2.24) is 15.0 Å². The first-order valence-corrected chi connectivity index (χ1v) is 13.2. The van der Waals surface area contributed by atoms with Gasteiger partial charge in [0.25, 0.3) is 5.91 Å². The second-order valence-electron chi connectivity index (χ2n) is 8.64. The van der Waals surface area contributed by atoms with E-state index >= 15 is 0 Å². The van der Waals surface area contributed by atoms with Crippen molar-refractivity contribution in [1.29, 1.82) is 0 Å². The van der Waals surface area contributed by atoms with E-state index in [9.17, 15) is 18.0 Å². The van der Waals surface area contributed by atoms with Crippen LogP contribution in [0.1, 0.15) is 12.5 Å². The lowest BCUT2D eigenvalue weighted by Gasteiger charge is -2.43. The van der Waals surface area contributed by atoms with E-state index in [2.05, 4.69) is 15.3 Å². The average molecular weight is 509 g/mol. The molecule has 1 unspecified atom stereocenters. The lowest BCUT2D eigenvalue weighted by molar-refractivity contribution is -0.122. The third kappa shape index (κ3) is 4.64. The van der Waals surface area contributed by atoms with Crippen molar-refractivity contribution in [3.8, 4) is 11.4 Å². The van der Waals surface area contributed by atoms with Gasteiger partial charge in [0.05, 0.1) is 30.9 Å². The van der Waals surface area contributed by atoms with Crippen molar-refractivity contribution in [2.75, 3.05) is 41.1 Å². The predicted octanol–water partition coefficient (Wildman–Crippen LogP) is 1.65. The molecule has 1 aromatic carbocycles. The van der Waals surface area contributed by atoms with Crippen molar-refractivity contribution in [3.05, 3.63) is 54.4 Å². The molecule has 36 heavy (non-hydrogen) atoms. The quantitative estimate of drug-likeness (QED) is 0.546. The van der Waals surface area contributed by atoms with Crippen LogP contribution in [0.3, 0.4) is 0 Å². The number of pyridine rings is 1. The highest BCUT2D eigenvalue weighted by Crippen LogP contribution is 2.37. The summed E-state index contributed by atoms with van der Waals surface area (Å²) < 4.78 is 29.2. The number of hydrogen-bond donors (Lipinski definition) is 1. The molecule has 12 heteroatoms. The number of nitrogens with one attached hydrogen (secondary N) is 1. The minimum atomic E-state index is -3.32. The van der Waals surface area contributed by atoms with E-state index in [0.29, 0.717) is 41.9 Å². The highest BCUT2D eigenvalue weighted by Gasteiger charge is 2.41. The molecule has 0 radical (unpaired) electrons. The molecule has 2 aromatic heterocycles. The van der Waals surface area contributed by atoms with Crippen LogP contribution in [0.2, 0.25) is 0 Å². The average Bonchev–Trinajstić information content (AvgIpc) is 2.86. The van der Waals surface area contributed by atoms with Crippen LogP contribution >= 0.6 is 0 Å². The van der Waals surface area contributed by atoms with E-state index in [1.54, 1.807) is 41.6 Å². The van der Waals surface area contributed by atoms with E-state index in [4.69, 9.17) is 9.72 Å². The number of fused-ring (bicyclic) bond motifs is 3. The zero-order valence-corrected chi connectivity index (χ0v) is 20.5. The highest BCUT2D eigenvalue weighted by molar-refractivity contribution is 7.90. The Balaban J connectivity index is 1.50. The van der Waals surface area contributed by atoms with Gasteiger partial charge in [-0.2, -0.15) is 0 Å². The van der Waals surface area contributed by atoms with E-state index in [-0.39, 0.29) is 29.9 Å². The van der Waals surface area contributed by atoms with Gasteiger partial charge >= 0.3 is 0 Å². The van der Waals surface area contributed by atoms with Crippen LogP contribution in [0.5, 0.6) is 0 Å². The van der Waals surface area contributed by atoms with E-state index in [1.807, 2.05) is 4.90 Å². The maximum absolute atomic E-state index is 13.4. The maximum Gasteiger partial charge on any atom is 0.252 e. The largest absolute Gasteiger partial charge is 0.377 e. The number of nitrogens with zero attached hydrogens (tertiary/aromatic N) is 5. The standard InChI is InChI=1S/C24H24N6O5S/c1-15(31)27-21-8-5-17(11-25-21)22-26-12-19-23(28-22)29-9-10-35-14-20(29)24(32)30(19)13-16-3-6-18(7-4-16)36(2,33)34/h3-8,11-12,20H,9-10,13-14H2,1-2H3,(H,25,27,31). The third-order valence-electron chi connectivity index (χ3n) is 6.01. The van der Waals surface area contributed by atoms with Gasteiger partial charge in [0.1, 0.15) is 17.5 Å². The third-order valence-corrected chi connectivity index (χ3v) is 7.14. The molecule has 0 aliphatic carbocycles. The van der Waals surface area contributed by atoms with Crippen LogP contribution in [0.15, 0.2) is 53.7 Å². The molecule has 1 atom stereocenters. The molecule has 4 heterocycles. The second kappa shape index (κ2) is 9.28. The van der Waals surface area contributed by atoms with Crippen molar-refractivity contribution in [2.45, 2.75) is 24.4 Å².